The molecule has 1 saturated heterocycles. The van der Waals surface area contributed by atoms with Crippen molar-refractivity contribution in [3.05, 3.63) is 52.8 Å². The average molecular weight is 865 g/mol. The van der Waals surface area contributed by atoms with E-state index >= 15 is 0 Å². The van der Waals surface area contributed by atoms with E-state index in [-0.39, 0.29) is 82.2 Å². The van der Waals surface area contributed by atoms with E-state index in [1.165, 1.54) is 59.4 Å². The normalized spacial score (nSPS) is 29.6. The maximum absolute atomic E-state index is 14.4. The molecule has 0 radical (unpaired) electrons. The second-order valence-corrected chi connectivity index (χ2v) is 16.1. The predicted octanol–water partition coefficient (Wildman–Crippen LogP) is 3.42. The number of rotatable bonds is 4. The molecule has 4 aliphatic heterocycles. The van der Waals surface area contributed by atoms with Crippen molar-refractivity contribution in [1.82, 2.24) is 9.91 Å². The number of hydrogen-bond donors (Lipinski definition) is 6. The molecular weight excluding hydrogens is 805 g/mol. The van der Waals surface area contributed by atoms with Crippen LogP contribution in [0.2, 0.25) is 0 Å². The number of methoxy groups -OCH3 is 1. The van der Waals surface area contributed by atoms with Crippen LogP contribution in [0.15, 0.2) is 41.2 Å². The summed E-state index contributed by atoms with van der Waals surface area (Å²) in [5, 5.41) is 66.8. The van der Waals surface area contributed by atoms with Crippen molar-refractivity contribution in [3.8, 4) is 23.0 Å². The molecule has 326 valence electrons. The Morgan fingerprint density at radius 3 is 2.22 bits per heavy atom. The number of piperazine rings is 1. The zero-order valence-corrected chi connectivity index (χ0v) is 35.3. The van der Waals surface area contributed by atoms with Crippen LogP contribution in [0, 0.1) is 30.6 Å². The van der Waals surface area contributed by atoms with Gasteiger partial charge in [-0.05, 0) is 27.0 Å². The number of anilines is 1. The van der Waals surface area contributed by atoms with E-state index in [4.69, 9.17) is 18.9 Å². The summed E-state index contributed by atoms with van der Waals surface area (Å²) in [6.07, 6.45) is 4.86. The molecule has 1 amide bonds. The number of aliphatic hydroxyl groups is 2. The number of hydrogen-bond acceptors (Lipinski definition) is 15. The van der Waals surface area contributed by atoms with E-state index in [1.807, 2.05) is 7.05 Å². The molecule has 2 aromatic carbocycles. The third kappa shape index (κ3) is 9.75. The molecule has 0 aromatic heterocycles. The second-order valence-electron chi connectivity index (χ2n) is 16.1. The van der Waals surface area contributed by atoms with Gasteiger partial charge in [0.05, 0.1) is 53.0 Å². The third-order valence-electron chi connectivity index (χ3n) is 11.9. The molecule has 17 heteroatoms. The van der Waals surface area contributed by atoms with Crippen LogP contribution in [0.3, 0.4) is 0 Å². The fraction of sp³-hybridized carbons (Fsp3) is 0.535. The number of aliphatic hydroxyl groups excluding tert-OH is 2. The molecule has 4 heterocycles. The van der Waals surface area contributed by atoms with Gasteiger partial charge in [-0.2, -0.15) is 5.10 Å². The minimum atomic E-state index is -2.04. The predicted molar refractivity (Wildman–Crippen MR) is 229 cm³/mol. The van der Waals surface area contributed by atoms with Crippen molar-refractivity contribution in [3.63, 3.8) is 0 Å². The summed E-state index contributed by atoms with van der Waals surface area (Å²) >= 11 is 0. The van der Waals surface area contributed by atoms with Crippen molar-refractivity contribution >= 4 is 78.1 Å². The van der Waals surface area contributed by atoms with Crippen LogP contribution >= 0.6 is 0 Å². The number of ether oxygens (including phenoxy) is 4. The van der Waals surface area contributed by atoms with E-state index in [0.717, 1.165) is 13.1 Å². The Kier molecular flexibility index (Phi) is 16.1. The summed E-state index contributed by atoms with van der Waals surface area (Å²) in [6, 6.07) is 0. The number of fused-ring (bicyclic) bond motifs is 14. The van der Waals surface area contributed by atoms with Crippen molar-refractivity contribution in [2.75, 3.05) is 45.7 Å². The summed E-state index contributed by atoms with van der Waals surface area (Å²) in [5.74, 6) is -8.34. The molecule has 4 aliphatic rings. The number of allylic oxidation sites excluding steroid dienone is 2. The zero-order chi connectivity index (χ0) is 43.7. The van der Waals surface area contributed by atoms with Crippen molar-refractivity contribution < 1.29 is 58.9 Å². The van der Waals surface area contributed by atoms with Crippen molar-refractivity contribution in [2.45, 2.75) is 85.6 Å². The number of esters is 1. The molecule has 2 aromatic rings. The number of aromatic hydroxyl groups is 3. The Morgan fingerprint density at radius 2 is 1.60 bits per heavy atom. The summed E-state index contributed by atoms with van der Waals surface area (Å²) < 4.78 is 23.6. The van der Waals surface area contributed by atoms with E-state index < -0.39 is 88.8 Å². The molecule has 0 saturated carbocycles. The topological polar surface area (TPSA) is 220 Å². The van der Waals surface area contributed by atoms with Crippen LogP contribution in [0.4, 0.5) is 5.69 Å². The van der Waals surface area contributed by atoms with Gasteiger partial charge in [0, 0.05) is 87.3 Å². The van der Waals surface area contributed by atoms with E-state index in [1.54, 1.807) is 44.9 Å². The monoisotopic (exact) mass is 864 g/mol. The maximum atomic E-state index is 14.4. The van der Waals surface area contributed by atoms with Crippen LogP contribution in [-0.4, -0.2) is 168 Å². The Labute approximate surface area is 380 Å². The summed E-state index contributed by atoms with van der Waals surface area (Å²) in [6.45, 7) is 15.1. The first-order valence-corrected chi connectivity index (χ1v) is 19.8. The van der Waals surface area contributed by atoms with Crippen LogP contribution in [0.5, 0.6) is 23.0 Å². The molecule has 0 aliphatic carbocycles. The number of ketones is 1. The molecule has 1 fully saturated rings. The van der Waals surface area contributed by atoms with Gasteiger partial charge in [-0.15, -0.1) is 0 Å². The molecule has 6 rings (SSSR count). The van der Waals surface area contributed by atoms with E-state index in [9.17, 15) is 39.9 Å². The number of hydrazone groups is 1. The molecule has 9 atom stereocenters. The standard InChI is InChI=1S/C43H58N4O12.Ca.2H/c1-21-12-11-13-22(2)42(55)45-33-28(20-44-47-17-15-46(9)16-18-47)37(52)30-31(38(33)53)36(51)26(6)40-32(30)41(54)43(8,59-40)57-19-14-29(56-10)23(3)39(58-27(7)48)25(5)35(50)24(4)34(21)49;;;/h11-14,19-21,23-25,29,34-35,39,49-53H,15-18H2,1-10H3,(H,45,55);;;/t21-,23+,24+,25+,29-,34-,35+,39+,43-;;;/m0.../s1. The SMILES string of the molecule is CO[C@H]1C=CO[C@@]2(C)Oc3c(C)c(O)c4c(O)c(c(C=NN5CCN(C)CC5)c(O)c4c3C2=O)NC(=O)C(C)=CC=C[C@H](C)[C@H](O)[C@@H](C)[C@@H](O)[C@@H](C)[C@H](OC(C)=O)[C@@H]1C.[CaH2]. The zero-order valence-electron chi connectivity index (χ0n) is 35.3. The number of phenols is 3. The number of carbonyl (C=O) groups is 3. The Morgan fingerprint density at radius 1 is 0.950 bits per heavy atom. The Hall–Kier alpha value is -3.90. The van der Waals surface area contributed by atoms with Gasteiger partial charge in [0.1, 0.15) is 23.4 Å². The van der Waals surface area contributed by atoms with Crippen molar-refractivity contribution in [2.24, 2.45) is 28.8 Å². The fourth-order valence-corrected chi connectivity index (χ4v) is 7.92. The average Bonchev–Trinajstić information content (AvgIpc) is 3.46. The molecule has 5 bridgehead atoms. The van der Waals surface area contributed by atoms with Crippen molar-refractivity contribution in [1.29, 1.82) is 0 Å². The molecule has 0 spiro atoms. The van der Waals surface area contributed by atoms with Crippen LogP contribution in [-0.2, 0) is 23.8 Å². The second kappa shape index (κ2) is 19.9. The van der Waals surface area contributed by atoms with Gasteiger partial charge < -0.3 is 54.7 Å². The Balaban J connectivity index is 0.00000794. The number of likely N-dealkylation sites (N-methyl/N-ethyl adjacent to an activating group) is 1. The molecular formula is C43H60CaN4O12. The number of carbonyl (C=O) groups excluding carboxylic acids is 3. The Bertz CT molecular complexity index is 2080. The number of nitrogens with zero attached hydrogens (tertiary/aromatic N) is 3. The number of amides is 1. The minimum absolute atomic E-state index is 0. The van der Waals surface area contributed by atoms with Crippen LogP contribution < -0.4 is 10.1 Å². The summed E-state index contributed by atoms with van der Waals surface area (Å²) in [7, 11) is 3.42. The fourth-order valence-electron chi connectivity index (χ4n) is 7.92. The van der Waals surface area contributed by atoms with E-state index in [2.05, 4.69) is 15.3 Å². The molecule has 16 nitrogen and oxygen atoms in total. The van der Waals surface area contributed by atoms with Gasteiger partial charge in [-0.1, -0.05) is 45.9 Å². The quantitative estimate of drug-likeness (QED) is 0.0854. The van der Waals surface area contributed by atoms with Gasteiger partial charge in [-0.25, -0.2) is 0 Å². The van der Waals surface area contributed by atoms with Gasteiger partial charge in [-0.3, -0.25) is 19.4 Å². The van der Waals surface area contributed by atoms with Gasteiger partial charge in [0.15, 0.2) is 5.75 Å². The van der Waals surface area contributed by atoms with Gasteiger partial charge >= 0.3 is 49.5 Å². The van der Waals surface area contributed by atoms with Gasteiger partial charge in [0.25, 0.3) is 11.7 Å². The number of Topliss-reactive ketones (excluding diaryl/α,β-unsaturated/α-hetero) is 1. The molecule has 60 heavy (non-hydrogen) atoms. The number of phenolic OH excluding ortho intramolecular Hbond substituents is 3. The first kappa shape index (κ1) is 48.8. The van der Waals surface area contributed by atoms with Gasteiger partial charge in [0.2, 0.25) is 0 Å². The first-order chi connectivity index (χ1) is 27.7. The van der Waals surface area contributed by atoms with Crippen LogP contribution in [0.25, 0.3) is 10.8 Å². The van der Waals surface area contributed by atoms with E-state index in [0.29, 0.717) is 13.1 Å². The summed E-state index contributed by atoms with van der Waals surface area (Å²) in [4.78, 5) is 42.6. The summed E-state index contributed by atoms with van der Waals surface area (Å²) in [5.41, 5.74) is -0.350. The number of nitrogens with one attached hydrogen (secondary N) is 1. The van der Waals surface area contributed by atoms with Crippen LogP contribution in [0.1, 0.15) is 70.0 Å². The molecule has 0 unspecified atom stereocenters. The molecule has 6 N–H and O–H groups in total. The number of benzene rings is 2. The first-order valence-electron chi connectivity index (χ1n) is 19.8. The third-order valence-corrected chi connectivity index (χ3v) is 11.9.